The minimum absolute atomic E-state index is 0.00841. The maximum atomic E-state index is 14.2. The largest absolute Gasteiger partial charge is 0.416 e. The molecule has 4 aromatic carbocycles. The van der Waals surface area contributed by atoms with Gasteiger partial charge in [-0.25, -0.2) is 13.1 Å². The van der Waals surface area contributed by atoms with Crippen molar-refractivity contribution in [3.8, 4) is 22.3 Å². The molecule has 14 heteroatoms. The Morgan fingerprint density at radius 3 is 1.90 bits per heavy atom. The molecule has 0 saturated carbocycles. The lowest BCUT2D eigenvalue weighted by Gasteiger charge is -2.32. The number of aliphatic hydroxyl groups is 1. The molecule has 1 aromatic heterocycles. The van der Waals surface area contributed by atoms with Crippen molar-refractivity contribution in [2.75, 3.05) is 13.1 Å². The summed E-state index contributed by atoms with van der Waals surface area (Å²) in [5.41, 5.74) is 3.15. The zero-order valence-electron chi connectivity index (χ0n) is 28.4. The van der Waals surface area contributed by atoms with Gasteiger partial charge in [0, 0.05) is 32.1 Å². The minimum Gasteiger partial charge on any atom is -0.386 e. The summed E-state index contributed by atoms with van der Waals surface area (Å²) in [5.74, 6) is -1.29. The second-order valence-electron chi connectivity index (χ2n) is 12.2. The third-order valence-electron chi connectivity index (χ3n) is 8.56. The molecule has 0 saturated heterocycles. The van der Waals surface area contributed by atoms with E-state index in [0.29, 0.717) is 16.7 Å². The van der Waals surface area contributed by atoms with E-state index in [9.17, 15) is 36.3 Å². The van der Waals surface area contributed by atoms with Crippen molar-refractivity contribution in [1.82, 2.24) is 19.4 Å². The molecule has 0 bridgehead atoms. The van der Waals surface area contributed by atoms with Crippen LogP contribution in [-0.2, 0) is 34.5 Å². The SMILES string of the molecule is Cc1nn(C)c(Cl)c1S(=O)(=O)NCCN(C(=O)c1ccc(-c2ccc(C(F)(F)F)cc2)cc1)[C@@H](Cc1ccc(-c2ccccc2)cc1)C(=O)C(C)O. The van der Waals surface area contributed by atoms with E-state index < -0.39 is 45.6 Å². The molecule has 1 unspecified atom stereocenters. The average molecular weight is 753 g/mol. The van der Waals surface area contributed by atoms with E-state index in [-0.39, 0.29) is 40.8 Å². The Labute approximate surface area is 304 Å². The van der Waals surface area contributed by atoms with Crippen molar-refractivity contribution in [2.24, 2.45) is 7.05 Å². The molecular formula is C38H36ClF3N4O5S. The van der Waals surface area contributed by atoms with Crippen molar-refractivity contribution in [3.63, 3.8) is 0 Å². The van der Waals surface area contributed by atoms with Crippen molar-refractivity contribution >= 4 is 33.3 Å². The van der Waals surface area contributed by atoms with E-state index in [0.717, 1.165) is 23.3 Å². The molecule has 2 atom stereocenters. The molecule has 52 heavy (non-hydrogen) atoms. The molecule has 0 fully saturated rings. The average Bonchev–Trinajstić information content (AvgIpc) is 3.39. The number of nitrogens with one attached hydrogen (secondary N) is 1. The van der Waals surface area contributed by atoms with Gasteiger partial charge in [-0.3, -0.25) is 14.3 Å². The second-order valence-corrected chi connectivity index (χ2v) is 14.3. The lowest BCUT2D eigenvalue weighted by atomic mass is 9.95. The molecule has 0 aliphatic heterocycles. The highest BCUT2D eigenvalue weighted by molar-refractivity contribution is 7.89. The van der Waals surface area contributed by atoms with Crippen molar-refractivity contribution in [2.45, 2.75) is 43.5 Å². The normalized spacial score (nSPS) is 13.1. The number of Topliss-reactive ketones (excluding diaryl/α,β-unsaturated/α-hetero) is 1. The molecule has 2 N–H and O–H groups in total. The number of carbonyl (C=O) groups is 2. The van der Waals surface area contributed by atoms with Crippen molar-refractivity contribution < 1.29 is 36.3 Å². The Kier molecular flexibility index (Phi) is 11.7. The number of alkyl halides is 3. The third-order valence-corrected chi connectivity index (χ3v) is 10.7. The molecule has 0 aliphatic carbocycles. The van der Waals surface area contributed by atoms with Crippen LogP contribution in [0.25, 0.3) is 22.3 Å². The fourth-order valence-electron chi connectivity index (χ4n) is 5.84. The van der Waals surface area contributed by atoms with Crippen LogP contribution in [0.5, 0.6) is 0 Å². The summed E-state index contributed by atoms with van der Waals surface area (Å²) >= 11 is 6.22. The fourth-order valence-corrected chi connectivity index (χ4v) is 7.61. The highest BCUT2D eigenvalue weighted by Gasteiger charge is 2.34. The first kappa shape index (κ1) is 38.4. The minimum atomic E-state index is -4.49. The van der Waals surface area contributed by atoms with E-state index in [1.807, 2.05) is 54.6 Å². The number of aryl methyl sites for hydroxylation is 2. The Bertz CT molecular complexity index is 2140. The van der Waals surface area contributed by atoms with E-state index in [1.54, 1.807) is 12.1 Å². The zero-order valence-corrected chi connectivity index (χ0v) is 30.0. The number of amides is 1. The summed E-state index contributed by atoms with van der Waals surface area (Å²) < 4.78 is 69.5. The number of ketones is 1. The smallest absolute Gasteiger partial charge is 0.386 e. The van der Waals surface area contributed by atoms with Gasteiger partial charge in [-0.1, -0.05) is 90.5 Å². The van der Waals surface area contributed by atoms with Crippen LogP contribution in [0.15, 0.2) is 108 Å². The van der Waals surface area contributed by atoms with E-state index in [2.05, 4.69) is 9.82 Å². The van der Waals surface area contributed by atoms with Crippen LogP contribution in [-0.4, -0.2) is 65.1 Å². The first-order chi connectivity index (χ1) is 24.6. The number of aromatic nitrogens is 2. The van der Waals surface area contributed by atoms with E-state index in [4.69, 9.17) is 11.6 Å². The first-order valence-corrected chi connectivity index (χ1v) is 18.1. The van der Waals surface area contributed by atoms with Crippen LogP contribution in [0.2, 0.25) is 5.15 Å². The molecule has 0 aliphatic rings. The second kappa shape index (κ2) is 15.8. The molecule has 5 aromatic rings. The lowest BCUT2D eigenvalue weighted by Crippen LogP contribution is -2.51. The number of aliphatic hydroxyl groups excluding tert-OH is 1. The van der Waals surface area contributed by atoms with Gasteiger partial charge in [0.1, 0.15) is 16.2 Å². The Morgan fingerprint density at radius 1 is 0.885 bits per heavy atom. The van der Waals surface area contributed by atoms with Crippen molar-refractivity contribution in [3.05, 3.63) is 131 Å². The van der Waals surface area contributed by atoms with Gasteiger partial charge in [0.05, 0.1) is 17.3 Å². The lowest BCUT2D eigenvalue weighted by molar-refractivity contribution is -0.137. The van der Waals surface area contributed by atoms with Crippen molar-refractivity contribution in [1.29, 1.82) is 0 Å². The van der Waals surface area contributed by atoms with Gasteiger partial charge < -0.3 is 10.0 Å². The molecule has 1 heterocycles. The molecule has 0 spiro atoms. The third kappa shape index (κ3) is 8.79. The summed E-state index contributed by atoms with van der Waals surface area (Å²) in [6.07, 6.45) is -5.94. The molecule has 9 nitrogen and oxygen atoms in total. The number of sulfonamides is 1. The molecular weight excluding hydrogens is 717 g/mol. The Balaban J connectivity index is 1.46. The number of hydrogen-bond donors (Lipinski definition) is 2. The predicted molar refractivity (Wildman–Crippen MR) is 192 cm³/mol. The van der Waals surface area contributed by atoms with Crippen LogP contribution in [0.1, 0.15) is 34.1 Å². The molecule has 1 amide bonds. The van der Waals surface area contributed by atoms with Gasteiger partial charge in [-0.15, -0.1) is 0 Å². The number of benzene rings is 4. The number of hydrogen-bond acceptors (Lipinski definition) is 6. The highest BCUT2D eigenvalue weighted by atomic mass is 35.5. The molecule has 0 radical (unpaired) electrons. The number of carbonyl (C=O) groups excluding carboxylic acids is 2. The van der Waals surface area contributed by atoms with Crippen LogP contribution in [0, 0.1) is 6.92 Å². The maximum Gasteiger partial charge on any atom is 0.416 e. The monoisotopic (exact) mass is 752 g/mol. The Hall–Kier alpha value is -4.82. The van der Waals surface area contributed by atoms with Gasteiger partial charge in [0.25, 0.3) is 5.91 Å². The van der Waals surface area contributed by atoms with Crippen LogP contribution < -0.4 is 4.72 Å². The van der Waals surface area contributed by atoms with E-state index >= 15 is 0 Å². The summed E-state index contributed by atoms with van der Waals surface area (Å²) in [6, 6.07) is 26.5. The number of halogens is 4. The summed E-state index contributed by atoms with van der Waals surface area (Å²) in [7, 11) is -2.70. The Morgan fingerprint density at radius 2 is 1.40 bits per heavy atom. The summed E-state index contributed by atoms with van der Waals surface area (Å²) in [4.78, 5) is 28.9. The van der Waals surface area contributed by atoms with Gasteiger partial charge in [0.2, 0.25) is 10.0 Å². The predicted octanol–water partition coefficient (Wildman–Crippen LogP) is 6.72. The van der Waals surface area contributed by atoms with Gasteiger partial charge in [0.15, 0.2) is 5.78 Å². The number of rotatable bonds is 13. The van der Waals surface area contributed by atoms with Gasteiger partial charge in [-0.2, -0.15) is 18.3 Å². The maximum absolute atomic E-state index is 14.2. The van der Waals surface area contributed by atoms with Crippen LogP contribution in [0.3, 0.4) is 0 Å². The summed E-state index contributed by atoms with van der Waals surface area (Å²) in [6.45, 7) is 2.19. The van der Waals surface area contributed by atoms with Crippen LogP contribution >= 0.6 is 11.6 Å². The topological polar surface area (TPSA) is 122 Å². The first-order valence-electron chi connectivity index (χ1n) is 16.2. The van der Waals surface area contributed by atoms with Crippen LogP contribution in [0.4, 0.5) is 13.2 Å². The summed E-state index contributed by atoms with van der Waals surface area (Å²) in [5, 5.41) is 14.4. The quantitative estimate of drug-likeness (QED) is 0.138. The fraction of sp³-hybridized carbons (Fsp3) is 0.237. The zero-order chi connectivity index (χ0) is 37.8. The number of nitrogens with zero attached hydrogens (tertiary/aromatic N) is 3. The van der Waals surface area contributed by atoms with Gasteiger partial charge in [-0.05, 0) is 65.9 Å². The standard InChI is InChI=1S/C38H36ClF3N4O5S/c1-24-35(36(39)45(3)44-24)52(50,51)43-21-22-46(37(49)31-15-13-29(14-16-31)30-17-19-32(20-18-30)38(40,41)42)33(34(48)25(2)47)23-26-9-11-28(12-10-26)27-7-5-4-6-8-27/h4-20,25,33,43,47H,21-23H2,1-3H3/t25?,33-/m0/s1. The van der Waals surface area contributed by atoms with Gasteiger partial charge >= 0.3 is 6.18 Å². The van der Waals surface area contributed by atoms with E-state index in [1.165, 1.54) is 54.7 Å². The molecule has 272 valence electrons. The molecule has 5 rings (SSSR count). The highest BCUT2D eigenvalue weighted by Crippen LogP contribution is 2.31.